The number of hydrogen-bond donors (Lipinski definition) is 1. The van der Waals surface area contributed by atoms with Crippen LogP contribution in [-0.2, 0) is 6.54 Å². The Morgan fingerprint density at radius 2 is 1.87 bits per heavy atom. The van der Waals surface area contributed by atoms with Crippen molar-refractivity contribution >= 4 is 6.21 Å². The number of aryl methyl sites for hydroxylation is 2. The van der Waals surface area contributed by atoms with Gasteiger partial charge in [-0.15, -0.1) is 0 Å². The van der Waals surface area contributed by atoms with E-state index in [-0.39, 0.29) is 0 Å². The van der Waals surface area contributed by atoms with Gasteiger partial charge in [-0.2, -0.15) is 10.2 Å². The molecule has 116 valence electrons. The number of nitrogens with two attached hydrogens (primary N) is 1. The van der Waals surface area contributed by atoms with Crippen molar-refractivity contribution < 1.29 is 0 Å². The molecule has 0 amide bonds. The third-order valence-electron chi connectivity index (χ3n) is 3.97. The van der Waals surface area contributed by atoms with Crippen molar-refractivity contribution in [3.05, 3.63) is 77.0 Å². The first-order valence-electron chi connectivity index (χ1n) is 7.59. The van der Waals surface area contributed by atoms with Gasteiger partial charge in [-0.25, -0.2) is 0 Å². The first-order valence-corrected chi connectivity index (χ1v) is 7.59. The summed E-state index contributed by atoms with van der Waals surface area (Å²) in [5, 5.41) is 8.41. The van der Waals surface area contributed by atoms with E-state index in [0.29, 0.717) is 0 Å². The van der Waals surface area contributed by atoms with Gasteiger partial charge in [0, 0.05) is 17.3 Å². The van der Waals surface area contributed by atoms with Crippen molar-refractivity contribution in [2.24, 2.45) is 10.9 Å². The van der Waals surface area contributed by atoms with Crippen LogP contribution in [0.5, 0.6) is 0 Å². The number of hydrazone groups is 1. The molecular weight excluding hydrogens is 284 g/mol. The molecule has 0 saturated carbocycles. The van der Waals surface area contributed by atoms with Gasteiger partial charge in [0.1, 0.15) is 5.69 Å². The van der Waals surface area contributed by atoms with E-state index in [1.165, 1.54) is 16.7 Å². The molecule has 0 bridgehead atoms. The van der Waals surface area contributed by atoms with Gasteiger partial charge < -0.3 is 5.84 Å². The average molecular weight is 304 g/mol. The molecule has 0 spiro atoms. The summed E-state index contributed by atoms with van der Waals surface area (Å²) in [5.74, 6) is 5.36. The van der Waals surface area contributed by atoms with Gasteiger partial charge in [-0.3, -0.25) is 4.68 Å². The molecule has 3 aromatic rings. The highest BCUT2D eigenvalue weighted by Crippen LogP contribution is 2.24. The van der Waals surface area contributed by atoms with Gasteiger partial charge in [0.25, 0.3) is 0 Å². The predicted octanol–water partition coefficient (Wildman–Crippen LogP) is 3.51. The third-order valence-corrected chi connectivity index (χ3v) is 3.97. The Kier molecular flexibility index (Phi) is 4.24. The van der Waals surface area contributed by atoms with Crippen LogP contribution in [0.1, 0.15) is 22.3 Å². The molecule has 0 aliphatic carbocycles. The fourth-order valence-corrected chi connectivity index (χ4v) is 2.58. The molecule has 1 heterocycles. The maximum Gasteiger partial charge on any atom is 0.101 e. The normalized spacial score (nSPS) is 11.2. The summed E-state index contributed by atoms with van der Waals surface area (Å²) < 4.78 is 1.93. The van der Waals surface area contributed by atoms with Crippen molar-refractivity contribution in [3.63, 3.8) is 0 Å². The van der Waals surface area contributed by atoms with Crippen LogP contribution in [0.4, 0.5) is 0 Å². The van der Waals surface area contributed by atoms with Crippen LogP contribution in [0.15, 0.2) is 59.8 Å². The molecule has 3 rings (SSSR count). The number of benzene rings is 2. The Hall–Kier alpha value is -2.88. The SMILES string of the molecule is Cc1ccc(-c2nn(Cc3ccccc3)cc2/C=N\N)cc1C. The molecule has 2 aromatic carbocycles. The van der Waals surface area contributed by atoms with E-state index >= 15 is 0 Å². The van der Waals surface area contributed by atoms with Gasteiger partial charge >= 0.3 is 0 Å². The molecule has 1 aromatic heterocycles. The second-order valence-corrected chi connectivity index (χ2v) is 5.69. The molecule has 4 heteroatoms. The fraction of sp³-hybridized carbons (Fsp3) is 0.158. The lowest BCUT2D eigenvalue weighted by Gasteiger charge is -2.04. The highest BCUT2D eigenvalue weighted by molar-refractivity contribution is 5.88. The van der Waals surface area contributed by atoms with Gasteiger partial charge in [0.15, 0.2) is 0 Å². The van der Waals surface area contributed by atoms with Crippen LogP contribution < -0.4 is 5.84 Å². The lowest BCUT2D eigenvalue weighted by atomic mass is 10.0. The van der Waals surface area contributed by atoms with Crippen molar-refractivity contribution in [2.45, 2.75) is 20.4 Å². The van der Waals surface area contributed by atoms with E-state index in [4.69, 9.17) is 10.9 Å². The number of nitrogens with zero attached hydrogens (tertiary/aromatic N) is 3. The largest absolute Gasteiger partial charge is 0.323 e. The fourth-order valence-electron chi connectivity index (χ4n) is 2.58. The van der Waals surface area contributed by atoms with Crippen molar-refractivity contribution in [2.75, 3.05) is 0 Å². The third kappa shape index (κ3) is 3.31. The van der Waals surface area contributed by atoms with Crippen LogP contribution in [-0.4, -0.2) is 16.0 Å². The number of hydrogen-bond acceptors (Lipinski definition) is 3. The molecule has 0 saturated heterocycles. The summed E-state index contributed by atoms with van der Waals surface area (Å²) in [6.07, 6.45) is 3.63. The molecule has 0 aliphatic heterocycles. The molecule has 4 nitrogen and oxygen atoms in total. The van der Waals surface area contributed by atoms with Crippen molar-refractivity contribution in [1.82, 2.24) is 9.78 Å². The van der Waals surface area contributed by atoms with Crippen LogP contribution in [0, 0.1) is 13.8 Å². The zero-order valence-electron chi connectivity index (χ0n) is 13.4. The first-order chi connectivity index (χ1) is 11.2. The highest BCUT2D eigenvalue weighted by atomic mass is 15.3. The van der Waals surface area contributed by atoms with Gasteiger partial charge in [0.05, 0.1) is 12.8 Å². The molecule has 0 atom stereocenters. The van der Waals surface area contributed by atoms with Crippen molar-refractivity contribution in [1.29, 1.82) is 0 Å². The monoisotopic (exact) mass is 304 g/mol. The molecule has 0 radical (unpaired) electrons. The lowest BCUT2D eigenvalue weighted by Crippen LogP contribution is -2.00. The van der Waals surface area contributed by atoms with Crippen LogP contribution in [0.3, 0.4) is 0 Å². The second kappa shape index (κ2) is 6.48. The Morgan fingerprint density at radius 1 is 1.09 bits per heavy atom. The van der Waals surface area contributed by atoms with E-state index in [1.54, 1.807) is 6.21 Å². The Labute approximate surface area is 136 Å². The molecular formula is C19H20N4. The quantitative estimate of drug-likeness (QED) is 0.455. The Morgan fingerprint density at radius 3 is 2.57 bits per heavy atom. The summed E-state index contributed by atoms with van der Waals surface area (Å²) >= 11 is 0. The van der Waals surface area contributed by atoms with Crippen molar-refractivity contribution in [3.8, 4) is 11.3 Å². The average Bonchev–Trinajstić information content (AvgIpc) is 2.94. The zero-order chi connectivity index (χ0) is 16.2. The molecule has 0 unspecified atom stereocenters. The summed E-state index contributed by atoms with van der Waals surface area (Å²) in [6.45, 7) is 4.93. The minimum absolute atomic E-state index is 0.719. The Bertz CT molecular complexity index is 832. The van der Waals surface area contributed by atoms with E-state index in [0.717, 1.165) is 23.4 Å². The second-order valence-electron chi connectivity index (χ2n) is 5.69. The van der Waals surface area contributed by atoms with E-state index < -0.39 is 0 Å². The summed E-state index contributed by atoms with van der Waals surface area (Å²) in [6, 6.07) is 16.6. The maximum absolute atomic E-state index is 5.36. The number of rotatable bonds is 4. The first kappa shape index (κ1) is 15.0. The van der Waals surface area contributed by atoms with Gasteiger partial charge in [-0.05, 0) is 36.6 Å². The molecule has 23 heavy (non-hydrogen) atoms. The van der Waals surface area contributed by atoms with Crippen LogP contribution in [0.25, 0.3) is 11.3 Å². The highest BCUT2D eigenvalue weighted by Gasteiger charge is 2.11. The molecule has 0 aliphatic rings. The lowest BCUT2D eigenvalue weighted by molar-refractivity contribution is 0.689. The van der Waals surface area contributed by atoms with E-state index in [9.17, 15) is 0 Å². The van der Waals surface area contributed by atoms with Crippen LogP contribution >= 0.6 is 0 Å². The smallest absolute Gasteiger partial charge is 0.101 e. The zero-order valence-corrected chi connectivity index (χ0v) is 13.4. The minimum atomic E-state index is 0.719. The standard InChI is InChI=1S/C19H20N4/c1-14-8-9-17(10-15(14)2)19-18(11-21-20)13-23(22-19)12-16-6-4-3-5-7-16/h3-11,13H,12,20H2,1-2H3/b21-11-. The minimum Gasteiger partial charge on any atom is -0.323 e. The summed E-state index contributed by atoms with van der Waals surface area (Å²) in [4.78, 5) is 0. The predicted molar refractivity (Wildman–Crippen MR) is 94.5 cm³/mol. The van der Waals surface area contributed by atoms with Gasteiger partial charge in [-0.1, -0.05) is 42.5 Å². The van der Waals surface area contributed by atoms with E-state index in [1.807, 2.05) is 29.1 Å². The number of aromatic nitrogens is 2. The summed E-state index contributed by atoms with van der Waals surface area (Å²) in [7, 11) is 0. The van der Waals surface area contributed by atoms with E-state index in [2.05, 4.69) is 49.3 Å². The topological polar surface area (TPSA) is 56.2 Å². The van der Waals surface area contributed by atoms with Crippen LogP contribution in [0.2, 0.25) is 0 Å². The maximum atomic E-state index is 5.36. The van der Waals surface area contributed by atoms with Gasteiger partial charge in [0.2, 0.25) is 0 Å². The molecule has 0 fully saturated rings. The Balaban J connectivity index is 2.00. The summed E-state index contributed by atoms with van der Waals surface area (Å²) in [5.41, 5.74) is 6.62. The molecule has 2 N–H and O–H groups in total.